The van der Waals surface area contributed by atoms with E-state index in [0.717, 1.165) is 11.8 Å². The Morgan fingerprint density at radius 1 is 1.15 bits per heavy atom. The molecule has 0 aliphatic heterocycles. The van der Waals surface area contributed by atoms with Crippen molar-refractivity contribution in [2.24, 2.45) is 17.3 Å². The van der Waals surface area contributed by atoms with E-state index in [9.17, 15) is 0 Å². The summed E-state index contributed by atoms with van der Waals surface area (Å²) in [6.45, 7) is 4.71. The maximum Gasteiger partial charge on any atom is -0.0118 e. The van der Waals surface area contributed by atoms with Gasteiger partial charge in [-0.25, -0.2) is 0 Å². The van der Waals surface area contributed by atoms with Crippen LogP contribution < -0.4 is 0 Å². The molecule has 1 atom stereocenters. The molecule has 0 heterocycles. The Kier molecular flexibility index (Phi) is 2.49. The molecule has 0 aromatic rings. The van der Waals surface area contributed by atoms with Gasteiger partial charge in [0.1, 0.15) is 0 Å². The Balaban J connectivity index is 2.02. The first-order valence-electron chi connectivity index (χ1n) is 5.91. The molecule has 0 bridgehead atoms. The topological polar surface area (TPSA) is 0 Å². The average molecular weight is 178 g/mol. The summed E-state index contributed by atoms with van der Waals surface area (Å²) < 4.78 is 0. The Labute approximate surface area is 82.4 Å². The zero-order chi connectivity index (χ0) is 9.31. The summed E-state index contributed by atoms with van der Waals surface area (Å²) in [5.41, 5.74) is 0.670. The fourth-order valence-electron chi connectivity index (χ4n) is 2.80. The van der Waals surface area contributed by atoms with Crippen molar-refractivity contribution < 1.29 is 0 Å². The van der Waals surface area contributed by atoms with Gasteiger partial charge in [-0.3, -0.25) is 0 Å². The van der Waals surface area contributed by atoms with E-state index in [2.05, 4.69) is 26.0 Å². The van der Waals surface area contributed by atoms with Gasteiger partial charge in [0.05, 0.1) is 0 Å². The van der Waals surface area contributed by atoms with Crippen molar-refractivity contribution in [1.82, 2.24) is 0 Å². The van der Waals surface area contributed by atoms with Gasteiger partial charge in [0.2, 0.25) is 0 Å². The molecule has 0 heteroatoms. The molecule has 0 aromatic heterocycles. The maximum absolute atomic E-state index is 2.56. The average Bonchev–Trinajstić information content (AvgIpc) is 2.24. The van der Waals surface area contributed by atoms with E-state index in [0.29, 0.717) is 5.41 Å². The highest BCUT2D eigenvalue weighted by atomic mass is 14.4. The van der Waals surface area contributed by atoms with Crippen LogP contribution in [0.2, 0.25) is 0 Å². The summed E-state index contributed by atoms with van der Waals surface area (Å²) in [5.74, 6) is 1.70. The summed E-state index contributed by atoms with van der Waals surface area (Å²) in [4.78, 5) is 0. The monoisotopic (exact) mass is 178 g/mol. The number of hydrogen-bond acceptors (Lipinski definition) is 0. The van der Waals surface area contributed by atoms with Gasteiger partial charge >= 0.3 is 0 Å². The molecule has 2 rings (SSSR count). The third kappa shape index (κ3) is 1.82. The van der Waals surface area contributed by atoms with Crippen LogP contribution in [0.5, 0.6) is 0 Å². The molecule has 2 aliphatic carbocycles. The SMILES string of the molecule is CC(C)C1C=CC2(CCC1)CCC2. The van der Waals surface area contributed by atoms with Crippen molar-refractivity contribution in [3.63, 3.8) is 0 Å². The van der Waals surface area contributed by atoms with Gasteiger partial charge < -0.3 is 0 Å². The second-order valence-electron chi connectivity index (χ2n) is 5.38. The fourth-order valence-corrected chi connectivity index (χ4v) is 2.80. The number of allylic oxidation sites excluding steroid dienone is 2. The van der Waals surface area contributed by atoms with Crippen LogP contribution in [0.4, 0.5) is 0 Å². The minimum Gasteiger partial charge on any atom is -0.0846 e. The molecule has 0 aromatic carbocycles. The lowest BCUT2D eigenvalue weighted by Crippen LogP contribution is -2.26. The zero-order valence-electron chi connectivity index (χ0n) is 9.05. The van der Waals surface area contributed by atoms with E-state index < -0.39 is 0 Å². The van der Waals surface area contributed by atoms with Gasteiger partial charge in [-0.15, -0.1) is 0 Å². The van der Waals surface area contributed by atoms with Crippen molar-refractivity contribution in [1.29, 1.82) is 0 Å². The Hall–Kier alpha value is -0.260. The zero-order valence-corrected chi connectivity index (χ0v) is 9.05. The van der Waals surface area contributed by atoms with E-state index in [-0.39, 0.29) is 0 Å². The van der Waals surface area contributed by atoms with Crippen molar-refractivity contribution in [2.75, 3.05) is 0 Å². The lowest BCUT2D eigenvalue weighted by molar-refractivity contribution is 0.184. The van der Waals surface area contributed by atoms with Gasteiger partial charge in [0.15, 0.2) is 0 Å². The molecular weight excluding hydrogens is 156 g/mol. The Morgan fingerprint density at radius 2 is 1.85 bits per heavy atom. The second kappa shape index (κ2) is 3.48. The van der Waals surface area contributed by atoms with Crippen LogP contribution in [-0.2, 0) is 0 Å². The molecule has 0 nitrogen and oxygen atoms in total. The van der Waals surface area contributed by atoms with Gasteiger partial charge in [-0.1, -0.05) is 38.8 Å². The highest BCUT2D eigenvalue weighted by Gasteiger charge is 2.35. The van der Waals surface area contributed by atoms with Gasteiger partial charge in [-0.2, -0.15) is 0 Å². The van der Waals surface area contributed by atoms with Crippen molar-refractivity contribution in [3.8, 4) is 0 Å². The molecule has 0 amide bonds. The summed E-state index contributed by atoms with van der Waals surface area (Å²) in [6.07, 6.45) is 13.8. The molecule has 1 fully saturated rings. The van der Waals surface area contributed by atoms with Crippen LogP contribution in [0.3, 0.4) is 0 Å². The fraction of sp³-hybridized carbons (Fsp3) is 0.846. The second-order valence-corrected chi connectivity index (χ2v) is 5.38. The third-order valence-electron chi connectivity index (χ3n) is 4.11. The highest BCUT2D eigenvalue weighted by molar-refractivity contribution is 5.08. The van der Waals surface area contributed by atoms with Crippen molar-refractivity contribution in [2.45, 2.75) is 52.4 Å². The number of hydrogen-bond donors (Lipinski definition) is 0. The molecule has 1 spiro atoms. The van der Waals surface area contributed by atoms with Gasteiger partial charge in [0, 0.05) is 0 Å². The minimum atomic E-state index is 0.670. The lowest BCUT2D eigenvalue weighted by atomic mass is 9.66. The molecule has 2 aliphatic rings. The first-order valence-corrected chi connectivity index (χ1v) is 5.91. The molecule has 0 saturated heterocycles. The van der Waals surface area contributed by atoms with E-state index in [4.69, 9.17) is 0 Å². The molecule has 0 N–H and O–H groups in total. The van der Waals surface area contributed by atoms with E-state index >= 15 is 0 Å². The quantitative estimate of drug-likeness (QED) is 0.529. The standard InChI is InChI=1S/C13H22/c1-11(2)12-5-3-7-13(10-6-12)8-4-9-13/h6,10-12H,3-5,7-9H2,1-2H3. The molecule has 0 radical (unpaired) electrons. The Bertz CT molecular complexity index is 196. The summed E-state index contributed by atoms with van der Waals surface area (Å²) in [6, 6.07) is 0. The number of rotatable bonds is 1. The molecule has 13 heavy (non-hydrogen) atoms. The first-order chi connectivity index (χ1) is 6.22. The van der Waals surface area contributed by atoms with Crippen LogP contribution in [0.15, 0.2) is 12.2 Å². The smallest absolute Gasteiger partial charge is 0.0118 e. The van der Waals surface area contributed by atoms with Gasteiger partial charge in [-0.05, 0) is 42.9 Å². The summed E-state index contributed by atoms with van der Waals surface area (Å²) in [5, 5.41) is 0. The van der Waals surface area contributed by atoms with Gasteiger partial charge in [0.25, 0.3) is 0 Å². The lowest BCUT2D eigenvalue weighted by Gasteiger charge is -2.39. The molecule has 1 saturated carbocycles. The highest BCUT2D eigenvalue weighted by Crippen LogP contribution is 2.48. The summed E-state index contributed by atoms with van der Waals surface area (Å²) >= 11 is 0. The van der Waals surface area contributed by atoms with E-state index in [1.165, 1.54) is 38.5 Å². The Morgan fingerprint density at radius 3 is 2.38 bits per heavy atom. The first kappa shape index (κ1) is 9.30. The van der Waals surface area contributed by atoms with Crippen molar-refractivity contribution >= 4 is 0 Å². The molecule has 74 valence electrons. The van der Waals surface area contributed by atoms with Crippen LogP contribution in [0, 0.1) is 17.3 Å². The predicted octanol–water partition coefficient (Wildman–Crippen LogP) is 4.17. The predicted molar refractivity (Wildman–Crippen MR) is 57.6 cm³/mol. The van der Waals surface area contributed by atoms with Crippen LogP contribution in [0.25, 0.3) is 0 Å². The molecular formula is C13H22. The van der Waals surface area contributed by atoms with Crippen LogP contribution in [-0.4, -0.2) is 0 Å². The van der Waals surface area contributed by atoms with Crippen molar-refractivity contribution in [3.05, 3.63) is 12.2 Å². The van der Waals surface area contributed by atoms with E-state index in [1.807, 2.05) is 0 Å². The largest absolute Gasteiger partial charge is 0.0846 e. The normalized spacial score (nSPS) is 31.8. The molecule has 1 unspecified atom stereocenters. The van der Waals surface area contributed by atoms with E-state index in [1.54, 1.807) is 0 Å². The summed E-state index contributed by atoms with van der Waals surface area (Å²) in [7, 11) is 0. The third-order valence-corrected chi connectivity index (χ3v) is 4.11. The maximum atomic E-state index is 2.56. The minimum absolute atomic E-state index is 0.670. The van der Waals surface area contributed by atoms with Crippen LogP contribution >= 0.6 is 0 Å². The van der Waals surface area contributed by atoms with Crippen LogP contribution in [0.1, 0.15) is 52.4 Å².